The number of para-hydroxylation sites is 1. The summed E-state index contributed by atoms with van der Waals surface area (Å²) in [6.45, 7) is 4.87. The van der Waals surface area contributed by atoms with E-state index in [4.69, 9.17) is 5.73 Å². The minimum absolute atomic E-state index is 0.0339. The lowest BCUT2D eigenvalue weighted by molar-refractivity contribution is 0.104. The highest BCUT2D eigenvalue weighted by molar-refractivity contribution is 5.84. The van der Waals surface area contributed by atoms with Crippen LogP contribution < -0.4 is 21.9 Å². The van der Waals surface area contributed by atoms with Gasteiger partial charge in [-0.05, 0) is 80.8 Å². The minimum Gasteiger partial charge on any atom is -0.506 e. The van der Waals surface area contributed by atoms with Crippen LogP contribution in [0.2, 0.25) is 0 Å². The molecule has 0 amide bonds. The van der Waals surface area contributed by atoms with E-state index in [1.807, 2.05) is 26.0 Å². The van der Waals surface area contributed by atoms with Gasteiger partial charge in [-0.2, -0.15) is 0 Å². The molecule has 188 valence electrons. The summed E-state index contributed by atoms with van der Waals surface area (Å²) >= 11 is 0. The van der Waals surface area contributed by atoms with Gasteiger partial charge >= 0.3 is 0 Å². The van der Waals surface area contributed by atoms with Crippen LogP contribution in [0.25, 0.3) is 10.9 Å². The monoisotopic (exact) mass is 486 g/mol. The maximum absolute atomic E-state index is 12.4. The summed E-state index contributed by atoms with van der Waals surface area (Å²) in [6, 6.07) is 24.6. The summed E-state index contributed by atoms with van der Waals surface area (Å²) in [5, 5.41) is 28.2. The van der Waals surface area contributed by atoms with Gasteiger partial charge in [0, 0.05) is 34.9 Å². The standard InChI is InChI=1S/C29H34N4O3/c1-29(2,30)18-21-8-13-24(14-9-21)32-23-11-6-20(7-12-23)16-17-31-19-27(36)33-26(35)15-10-22-4-3-5-25(34)28(22)33/h3-15,27,31-32,34,36H,16-19,30H2,1-2H3/t27-/m1/s1. The predicted octanol–water partition coefficient (Wildman–Crippen LogP) is 4.05. The van der Waals surface area contributed by atoms with Crippen LogP contribution in [0.3, 0.4) is 0 Å². The smallest absolute Gasteiger partial charge is 0.253 e. The Labute approximate surface area is 211 Å². The Morgan fingerprint density at radius 2 is 1.56 bits per heavy atom. The Hall–Kier alpha value is -3.65. The third-order valence-corrected chi connectivity index (χ3v) is 6.00. The summed E-state index contributed by atoms with van der Waals surface area (Å²) in [4.78, 5) is 12.4. The number of benzene rings is 3. The van der Waals surface area contributed by atoms with E-state index < -0.39 is 6.23 Å². The number of nitrogens with two attached hydrogens (primary N) is 1. The van der Waals surface area contributed by atoms with E-state index >= 15 is 0 Å². The number of nitrogens with zero attached hydrogens (tertiary/aromatic N) is 1. The van der Waals surface area contributed by atoms with Crippen molar-refractivity contribution in [1.29, 1.82) is 0 Å². The highest BCUT2D eigenvalue weighted by Crippen LogP contribution is 2.24. The second-order valence-corrected chi connectivity index (χ2v) is 9.88. The highest BCUT2D eigenvalue weighted by Gasteiger charge is 2.14. The Morgan fingerprint density at radius 3 is 2.19 bits per heavy atom. The first-order valence-electron chi connectivity index (χ1n) is 12.2. The molecule has 0 unspecified atom stereocenters. The lowest BCUT2D eigenvalue weighted by Crippen LogP contribution is -2.34. The lowest BCUT2D eigenvalue weighted by Gasteiger charge is -2.18. The second-order valence-electron chi connectivity index (χ2n) is 9.88. The molecule has 0 aliphatic carbocycles. The van der Waals surface area contributed by atoms with E-state index in [1.54, 1.807) is 18.2 Å². The van der Waals surface area contributed by atoms with Crippen LogP contribution >= 0.6 is 0 Å². The number of hydrogen-bond donors (Lipinski definition) is 5. The normalized spacial score (nSPS) is 12.6. The Morgan fingerprint density at radius 1 is 0.917 bits per heavy atom. The zero-order valence-corrected chi connectivity index (χ0v) is 20.7. The van der Waals surface area contributed by atoms with Gasteiger partial charge in [-0.3, -0.25) is 9.36 Å². The van der Waals surface area contributed by atoms with Gasteiger partial charge in [-0.1, -0.05) is 36.4 Å². The second kappa shape index (κ2) is 11.0. The Bertz CT molecular complexity index is 1360. The van der Waals surface area contributed by atoms with Crippen molar-refractivity contribution in [2.45, 2.75) is 38.5 Å². The number of phenolic OH excluding ortho intramolecular Hbond substituents is 1. The average Bonchev–Trinajstić information content (AvgIpc) is 2.83. The van der Waals surface area contributed by atoms with Crippen molar-refractivity contribution >= 4 is 22.3 Å². The van der Waals surface area contributed by atoms with E-state index in [0.29, 0.717) is 17.4 Å². The summed E-state index contributed by atoms with van der Waals surface area (Å²) in [7, 11) is 0. The third kappa shape index (κ3) is 6.51. The fourth-order valence-electron chi connectivity index (χ4n) is 4.30. The number of aromatic hydroxyl groups is 1. The summed E-state index contributed by atoms with van der Waals surface area (Å²) in [5.41, 5.74) is 10.2. The molecular formula is C29H34N4O3. The SMILES string of the molecule is CC(C)(N)Cc1ccc(Nc2ccc(CCNC[C@@H](O)n3c(=O)ccc4cccc(O)c43)cc2)cc1. The van der Waals surface area contributed by atoms with E-state index in [0.717, 1.165) is 29.8 Å². The van der Waals surface area contributed by atoms with Gasteiger partial charge < -0.3 is 26.6 Å². The molecule has 0 radical (unpaired) electrons. The fourth-order valence-corrected chi connectivity index (χ4v) is 4.30. The van der Waals surface area contributed by atoms with Crippen LogP contribution in [0.1, 0.15) is 31.2 Å². The molecule has 0 saturated heterocycles. The first kappa shape index (κ1) is 25.4. The number of phenols is 1. The Balaban J connectivity index is 1.28. The number of aromatic nitrogens is 1. The number of nitrogens with one attached hydrogen (secondary N) is 2. The molecular weight excluding hydrogens is 452 g/mol. The van der Waals surface area contributed by atoms with Crippen LogP contribution in [0, 0.1) is 0 Å². The first-order chi connectivity index (χ1) is 17.2. The molecule has 0 aliphatic rings. The summed E-state index contributed by atoms with van der Waals surface area (Å²) in [6.07, 6.45) is 0.504. The molecule has 4 rings (SSSR count). The molecule has 0 spiro atoms. The van der Waals surface area contributed by atoms with Gasteiger partial charge in [0.2, 0.25) is 0 Å². The molecule has 6 N–H and O–H groups in total. The molecule has 0 bridgehead atoms. The van der Waals surface area contributed by atoms with E-state index in [2.05, 4.69) is 47.0 Å². The third-order valence-electron chi connectivity index (χ3n) is 6.00. The molecule has 1 atom stereocenters. The largest absolute Gasteiger partial charge is 0.506 e. The van der Waals surface area contributed by atoms with Gasteiger partial charge in [0.05, 0.1) is 5.52 Å². The highest BCUT2D eigenvalue weighted by atomic mass is 16.3. The number of rotatable bonds is 10. The quantitative estimate of drug-likeness (QED) is 0.216. The van der Waals surface area contributed by atoms with Crippen LogP contribution in [-0.4, -0.2) is 33.4 Å². The molecule has 1 aromatic heterocycles. The first-order valence-corrected chi connectivity index (χ1v) is 12.2. The van der Waals surface area contributed by atoms with Crippen LogP contribution in [0.4, 0.5) is 11.4 Å². The molecule has 4 aromatic rings. The molecule has 36 heavy (non-hydrogen) atoms. The number of pyridine rings is 1. The van der Waals surface area contributed by atoms with Gasteiger partial charge in [-0.15, -0.1) is 0 Å². The van der Waals surface area contributed by atoms with Crippen LogP contribution in [0.5, 0.6) is 5.75 Å². The van der Waals surface area contributed by atoms with Gasteiger partial charge in [-0.25, -0.2) is 0 Å². The van der Waals surface area contributed by atoms with E-state index in [9.17, 15) is 15.0 Å². The molecule has 0 saturated carbocycles. The number of fused-ring (bicyclic) bond motifs is 1. The predicted molar refractivity (Wildman–Crippen MR) is 146 cm³/mol. The van der Waals surface area contributed by atoms with Crippen molar-refractivity contribution in [3.05, 3.63) is 100 Å². The van der Waals surface area contributed by atoms with Crippen molar-refractivity contribution in [2.75, 3.05) is 18.4 Å². The van der Waals surface area contributed by atoms with E-state index in [1.165, 1.54) is 22.3 Å². The maximum atomic E-state index is 12.4. The zero-order chi connectivity index (χ0) is 25.7. The average molecular weight is 487 g/mol. The number of aliphatic hydroxyl groups is 1. The number of anilines is 2. The fraction of sp³-hybridized carbons (Fsp3) is 0.276. The minimum atomic E-state index is -1.09. The number of aliphatic hydroxyl groups excluding tert-OH is 1. The van der Waals surface area contributed by atoms with Crippen LogP contribution in [-0.2, 0) is 12.8 Å². The topological polar surface area (TPSA) is 113 Å². The molecule has 7 nitrogen and oxygen atoms in total. The molecule has 1 heterocycles. The van der Waals surface area contributed by atoms with E-state index in [-0.39, 0.29) is 23.4 Å². The van der Waals surface area contributed by atoms with Crippen molar-refractivity contribution in [3.8, 4) is 5.75 Å². The van der Waals surface area contributed by atoms with Crippen molar-refractivity contribution in [2.24, 2.45) is 5.73 Å². The summed E-state index contributed by atoms with van der Waals surface area (Å²) in [5.74, 6) is -0.0339. The molecule has 3 aromatic carbocycles. The van der Waals surface area contributed by atoms with Crippen LogP contribution in [0.15, 0.2) is 83.7 Å². The molecule has 7 heteroatoms. The van der Waals surface area contributed by atoms with Gasteiger partial charge in [0.15, 0.2) is 0 Å². The van der Waals surface area contributed by atoms with Gasteiger partial charge in [0.25, 0.3) is 5.56 Å². The summed E-state index contributed by atoms with van der Waals surface area (Å²) < 4.78 is 1.22. The van der Waals surface area contributed by atoms with Crippen molar-refractivity contribution < 1.29 is 10.2 Å². The lowest BCUT2D eigenvalue weighted by atomic mass is 9.96. The Kier molecular flexibility index (Phi) is 7.74. The number of hydrogen-bond acceptors (Lipinski definition) is 6. The van der Waals surface area contributed by atoms with Gasteiger partial charge in [0.1, 0.15) is 12.0 Å². The maximum Gasteiger partial charge on any atom is 0.253 e. The van der Waals surface area contributed by atoms with Crippen molar-refractivity contribution in [3.63, 3.8) is 0 Å². The molecule has 0 fully saturated rings. The van der Waals surface area contributed by atoms with Crippen molar-refractivity contribution in [1.82, 2.24) is 9.88 Å². The zero-order valence-electron chi connectivity index (χ0n) is 20.7. The molecule has 0 aliphatic heterocycles.